The molecule has 5 heteroatoms. The fraction of sp³-hybridized carbons (Fsp3) is 0.0909. The van der Waals surface area contributed by atoms with Crippen molar-refractivity contribution >= 4 is 18.0 Å². The van der Waals surface area contributed by atoms with Crippen LogP contribution in [0.15, 0.2) is 40.9 Å². The van der Waals surface area contributed by atoms with Crippen LogP contribution in [0.2, 0.25) is 0 Å². The van der Waals surface area contributed by atoms with Gasteiger partial charge in [-0.05, 0) is 36.4 Å². The number of aryl methyl sites for hydroxylation is 1. The van der Waals surface area contributed by atoms with Crippen LogP contribution >= 0.6 is 11.8 Å². The van der Waals surface area contributed by atoms with Crippen molar-refractivity contribution in [1.82, 2.24) is 15.0 Å². The van der Waals surface area contributed by atoms with E-state index in [4.69, 9.17) is 0 Å². The number of rotatable bonds is 3. The van der Waals surface area contributed by atoms with Gasteiger partial charge in [-0.2, -0.15) is 0 Å². The molecule has 2 aromatic rings. The predicted octanol–water partition coefficient (Wildman–Crippen LogP) is 2.14. The third kappa shape index (κ3) is 2.43. The lowest BCUT2D eigenvalue weighted by molar-refractivity contribution is 0.112. The predicted molar refractivity (Wildman–Crippen MR) is 60.5 cm³/mol. The van der Waals surface area contributed by atoms with Gasteiger partial charge >= 0.3 is 0 Å². The van der Waals surface area contributed by atoms with Crippen molar-refractivity contribution in [2.24, 2.45) is 0 Å². The van der Waals surface area contributed by atoms with Crippen molar-refractivity contribution < 1.29 is 4.79 Å². The second-order valence-electron chi connectivity index (χ2n) is 3.14. The summed E-state index contributed by atoms with van der Waals surface area (Å²) in [5, 5.41) is 1.47. The second kappa shape index (κ2) is 4.85. The van der Waals surface area contributed by atoms with Crippen molar-refractivity contribution in [1.29, 1.82) is 0 Å². The lowest BCUT2D eigenvalue weighted by atomic mass is 10.2. The number of carbonyl (C=O) groups excluding carboxylic acids is 1. The Labute approximate surface area is 97.2 Å². The molecule has 0 bridgehead atoms. The molecule has 80 valence electrons. The number of hydrogen-bond donors (Lipinski definition) is 0. The van der Waals surface area contributed by atoms with E-state index in [1.54, 1.807) is 30.7 Å². The van der Waals surface area contributed by atoms with E-state index < -0.39 is 0 Å². The van der Waals surface area contributed by atoms with Crippen molar-refractivity contribution in [2.45, 2.75) is 17.1 Å². The second-order valence-corrected chi connectivity index (χ2v) is 4.10. The molecule has 0 aliphatic heterocycles. The standard InChI is InChI=1S/C11H9N3OS/c1-8-5-9(7-15)6-14-10(8)16-11-12-3-2-4-13-11/h2-7H,1H3. The number of aromatic nitrogens is 3. The molecule has 0 atom stereocenters. The molecule has 0 N–H and O–H groups in total. The van der Waals surface area contributed by atoms with Crippen molar-refractivity contribution in [3.63, 3.8) is 0 Å². The molecule has 4 nitrogen and oxygen atoms in total. The SMILES string of the molecule is Cc1cc(C=O)cnc1Sc1ncccn1. The van der Waals surface area contributed by atoms with E-state index in [0.29, 0.717) is 10.7 Å². The largest absolute Gasteiger partial charge is 0.298 e. The van der Waals surface area contributed by atoms with Gasteiger partial charge in [-0.15, -0.1) is 0 Å². The summed E-state index contributed by atoms with van der Waals surface area (Å²) in [7, 11) is 0. The van der Waals surface area contributed by atoms with E-state index in [-0.39, 0.29) is 0 Å². The molecule has 0 saturated heterocycles. The van der Waals surface area contributed by atoms with E-state index in [0.717, 1.165) is 16.9 Å². The highest BCUT2D eigenvalue weighted by Gasteiger charge is 2.05. The first-order chi connectivity index (χ1) is 7.79. The molecule has 0 amide bonds. The summed E-state index contributed by atoms with van der Waals surface area (Å²) < 4.78 is 0. The number of hydrogen-bond acceptors (Lipinski definition) is 5. The van der Waals surface area contributed by atoms with Gasteiger partial charge in [0, 0.05) is 24.2 Å². The summed E-state index contributed by atoms with van der Waals surface area (Å²) in [5.74, 6) is 0. The highest BCUT2D eigenvalue weighted by Crippen LogP contribution is 2.25. The zero-order valence-electron chi connectivity index (χ0n) is 8.62. The van der Waals surface area contributed by atoms with Gasteiger partial charge < -0.3 is 0 Å². The van der Waals surface area contributed by atoms with Gasteiger partial charge in [0.2, 0.25) is 0 Å². The summed E-state index contributed by atoms with van der Waals surface area (Å²) in [5.41, 5.74) is 1.53. The molecule has 16 heavy (non-hydrogen) atoms. The van der Waals surface area contributed by atoms with Crippen molar-refractivity contribution in [2.75, 3.05) is 0 Å². The highest BCUT2D eigenvalue weighted by atomic mass is 32.2. The average Bonchev–Trinajstić information content (AvgIpc) is 2.33. The van der Waals surface area contributed by atoms with E-state index in [1.807, 2.05) is 6.92 Å². The summed E-state index contributed by atoms with van der Waals surface area (Å²) in [6.45, 7) is 1.91. The molecule has 0 aliphatic rings. The van der Waals surface area contributed by atoms with E-state index in [1.165, 1.54) is 11.8 Å². The number of pyridine rings is 1. The molecule has 0 fully saturated rings. The van der Waals surface area contributed by atoms with Gasteiger partial charge in [0.05, 0.1) is 0 Å². The van der Waals surface area contributed by atoms with Crippen LogP contribution in [0.5, 0.6) is 0 Å². The lowest BCUT2D eigenvalue weighted by Gasteiger charge is -2.02. The average molecular weight is 231 g/mol. The minimum Gasteiger partial charge on any atom is -0.298 e. The minimum absolute atomic E-state index is 0.579. The Hall–Kier alpha value is -1.75. The van der Waals surface area contributed by atoms with Gasteiger partial charge in [0.1, 0.15) is 5.03 Å². The normalized spacial score (nSPS) is 10.1. The zero-order chi connectivity index (χ0) is 11.4. The maximum atomic E-state index is 10.6. The third-order valence-corrected chi connectivity index (χ3v) is 2.93. The Bertz CT molecular complexity index is 502. The molecule has 0 spiro atoms. The Kier molecular flexibility index (Phi) is 3.26. The maximum absolute atomic E-state index is 10.6. The first-order valence-corrected chi connectivity index (χ1v) is 5.48. The highest BCUT2D eigenvalue weighted by molar-refractivity contribution is 7.99. The molecule has 2 rings (SSSR count). The summed E-state index contributed by atoms with van der Waals surface area (Å²) >= 11 is 1.38. The van der Waals surface area contributed by atoms with Crippen LogP contribution in [-0.4, -0.2) is 21.2 Å². The van der Waals surface area contributed by atoms with E-state index in [2.05, 4.69) is 15.0 Å². The van der Waals surface area contributed by atoms with Crippen LogP contribution in [-0.2, 0) is 0 Å². The number of nitrogens with zero attached hydrogens (tertiary/aromatic N) is 3. The molecule has 2 heterocycles. The molecular weight excluding hydrogens is 222 g/mol. The van der Waals surface area contributed by atoms with Crippen molar-refractivity contribution in [3.8, 4) is 0 Å². The molecule has 2 aromatic heterocycles. The Morgan fingerprint density at radius 2 is 2.00 bits per heavy atom. The maximum Gasteiger partial charge on any atom is 0.193 e. The topological polar surface area (TPSA) is 55.7 Å². The number of carbonyl (C=O) groups is 1. The molecule has 0 radical (unpaired) electrons. The Balaban J connectivity index is 2.25. The quantitative estimate of drug-likeness (QED) is 0.598. The lowest BCUT2D eigenvalue weighted by Crippen LogP contribution is -1.91. The van der Waals surface area contributed by atoms with E-state index >= 15 is 0 Å². The Morgan fingerprint density at radius 1 is 1.25 bits per heavy atom. The van der Waals surface area contributed by atoms with Gasteiger partial charge in [-0.3, -0.25) is 4.79 Å². The van der Waals surface area contributed by atoms with Gasteiger partial charge in [0.25, 0.3) is 0 Å². The van der Waals surface area contributed by atoms with Crippen LogP contribution in [0.3, 0.4) is 0 Å². The van der Waals surface area contributed by atoms with Gasteiger partial charge in [0.15, 0.2) is 11.4 Å². The monoisotopic (exact) mass is 231 g/mol. The molecule has 0 aliphatic carbocycles. The Morgan fingerprint density at radius 3 is 2.62 bits per heavy atom. The zero-order valence-corrected chi connectivity index (χ0v) is 9.44. The fourth-order valence-electron chi connectivity index (χ4n) is 1.18. The van der Waals surface area contributed by atoms with Crippen LogP contribution in [0.1, 0.15) is 15.9 Å². The first-order valence-electron chi connectivity index (χ1n) is 4.66. The molecular formula is C11H9N3OS. The van der Waals surface area contributed by atoms with E-state index in [9.17, 15) is 4.79 Å². The van der Waals surface area contributed by atoms with Crippen LogP contribution in [0.25, 0.3) is 0 Å². The third-order valence-electron chi connectivity index (χ3n) is 1.92. The fourth-order valence-corrected chi connectivity index (χ4v) is 1.91. The summed E-state index contributed by atoms with van der Waals surface area (Å²) in [6.07, 6.45) is 5.70. The molecule has 0 aromatic carbocycles. The minimum atomic E-state index is 0.579. The molecule has 0 saturated carbocycles. The first kappa shape index (κ1) is 10.8. The van der Waals surface area contributed by atoms with Gasteiger partial charge in [-0.25, -0.2) is 15.0 Å². The summed E-state index contributed by atoms with van der Waals surface area (Å²) in [6, 6.07) is 3.56. The van der Waals surface area contributed by atoms with Crippen molar-refractivity contribution in [3.05, 3.63) is 41.9 Å². The van der Waals surface area contributed by atoms with Gasteiger partial charge in [-0.1, -0.05) is 0 Å². The number of aldehydes is 1. The summed E-state index contributed by atoms with van der Waals surface area (Å²) in [4.78, 5) is 23.0. The van der Waals surface area contributed by atoms with Crippen LogP contribution in [0.4, 0.5) is 0 Å². The van der Waals surface area contributed by atoms with Crippen LogP contribution in [0, 0.1) is 6.92 Å². The smallest absolute Gasteiger partial charge is 0.193 e. The molecule has 0 unspecified atom stereocenters. The van der Waals surface area contributed by atoms with Crippen LogP contribution < -0.4 is 0 Å².